The molecule has 3 rings (SSSR count). The lowest BCUT2D eigenvalue weighted by atomic mass is 10.1. The predicted octanol–water partition coefficient (Wildman–Crippen LogP) is 3.69. The largest absolute Gasteiger partial charge is 0.481 e. The molecule has 0 bridgehead atoms. The Labute approximate surface area is 123 Å². The quantitative estimate of drug-likeness (QED) is 0.813. The van der Waals surface area contributed by atoms with Crippen molar-refractivity contribution in [3.05, 3.63) is 11.8 Å². The average molecular weight is 294 g/mol. The second-order valence-corrected chi connectivity index (χ2v) is 7.09. The van der Waals surface area contributed by atoms with Gasteiger partial charge in [-0.1, -0.05) is 24.6 Å². The van der Waals surface area contributed by atoms with Gasteiger partial charge in [0.1, 0.15) is 0 Å². The van der Waals surface area contributed by atoms with Crippen LogP contribution in [0.1, 0.15) is 63.1 Å². The lowest BCUT2D eigenvalue weighted by Crippen LogP contribution is -2.11. The van der Waals surface area contributed by atoms with Crippen LogP contribution in [0.4, 0.5) is 0 Å². The number of carboxylic acid groups (broad SMARTS) is 1. The van der Waals surface area contributed by atoms with Gasteiger partial charge in [-0.25, -0.2) is 0 Å². The van der Waals surface area contributed by atoms with Crippen molar-refractivity contribution in [2.45, 2.75) is 62.4 Å². The maximum absolute atomic E-state index is 10.8. The molecule has 0 saturated heterocycles. The van der Waals surface area contributed by atoms with Gasteiger partial charge in [-0.15, -0.1) is 0 Å². The number of thioether (sulfide) groups is 1. The normalized spacial score (nSPS) is 21.2. The Morgan fingerprint density at radius 3 is 2.75 bits per heavy atom. The number of rotatable bonds is 6. The predicted molar refractivity (Wildman–Crippen MR) is 79.2 cm³/mol. The van der Waals surface area contributed by atoms with Crippen LogP contribution in [-0.4, -0.2) is 26.6 Å². The second kappa shape index (κ2) is 5.80. The van der Waals surface area contributed by atoms with Crippen molar-refractivity contribution in [1.29, 1.82) is 0 Å². The summed E-state index contributed by atoms with van der Waals surface area (Å²) in [7, 11) is 0. The van der Waals surface area contributed by atoms with E-state index in [2.05, 4.69) is 17.7 Å². The van der Waals surface area contributed by atoms with E-state index in [9.17, 15) is 4.79 Å². The highest BCUT2D eigenvalue weighted by atomic mass is 32.2. The SMILES string of the molecule is CC(C1CC1)n1nc(C2CCCC2)cc1SCC(=O)O. The van der Waals surface area contributed by atoms with Crippen molar-refractivity contribution >= 4 is 17.7 Å². The Morgan fingerprint density at radius 2 is 2.15 bits per heavy atom. The summed E-state index contributed by atoms with van der Waals surface area (Å²) in [4.78, 5) is 10.8. The van der Waals surface area contributed by atoms with Crippen molar-refractivity contribution in [2.75, 3.05) is 5.75 Å². The van der Waals surface area contributed by atoms with Gasteiger partial charge in [0.15, 0.2) is 0 Å². The molecule has 20 heavy (non-hydrogen) atoms. The van der Waals surface area contributed by atoms with E-state index in [1.807, 2.05) is 0 Å². The van der Waals surface area contributed by atoms with Crippen LogP contribution in [0.15, 0.2) is 11.1 Å². The molecule has 2 aliphatic rings. The van der Waals surface area contributed by atoms with Gasteiger partial charge in [0.25, 0.3) is 0 Å². The zero-order valence-corrected chi connectivity index (χ0v) is 12.7. The molecule has 1 heterocycles. The van der Waals surface area contributed by atoms with Gasteiger partial charge in [0, 0.05) is 5.92 Å². The molecule has 0 aromatic carbocycles. The van der Waals surface area contributed by atoms with Gasteiger partial charge >= 0.3 is 5.97 Å². The van der Waals surface area contributed by atoms with E-state index in [4.69, 9.17) is 10.2 Å². The van der Waals surface area contributed by atoms with E-state index < -0.39 is 5.97 Å². The van der Waals surface area contributed by atoms with Crippen LogP contribution >= 0.6 is 11.8 Å². The maximum Gasteiger partial charge on any atom is 0.313 e. The Hall–Kier alpha value is -0.970. The molecule has 1 N–H and O–H groups in total. The molecule has 2 fully saturated rings. The first-order valence-electron chi connectivity index (χ1n) is 7.59. The molecule has 1 atom stereocenters. The zero-order valence-electron chi connectivity index (χ0n) is 11.9. The summed E-state index contributed by atoms with van der Waals surface area (Å²) < 4.78 is 2.10. The fourth-order valence-corrected chi connectivity index (χ4v) is 3.94. The standard InChI is InChI=1S/C15H22N2O2S/c1-10(11-6-7-11)17-14(20-9-15(18)19)8-13(16-17)12-4-2-3-5-12/h8,10-12H,2-7,9H2,1H3,(H,18,19). The third kappa shape index (κ3) is 3.03. The lowest BCUT2D eigenvalue weighted by molar-refractivity contribution is -0.133. The van der Waals surface area contributed by atoms with Crippen molar-refractivity contribution in [1.82, 2.24) is 9.78 Å². The molecule has 1 aromatic rings. The minimum Gasteiger partial charge on any atom is -0.481 e. The highest BCUT2D eigenvalue weighted by Crippen LogP contribution is 2.42. The molecule has 0 aliphatic heterocycles. The molecule has 1 unspecified atom stereocenters. The second-order valence-electron chi connectivity index (χ2n) is 6.09. The first-order valence-corrected chi connectivity index (χ1v) is 8.57. The van der Waals surface area contributed by atoms with Crippen LogP contribution in [0.25, 0.3) is 0 Å². The number of aliphatic carboxylic acids is 1. The Balaban J connectivity index is 1.81. The van der Waals surface area contributed by atoms with Gasteiger partial charge in [-0.2, -0.15) is 5.10 Å². The van der Waals surface area contributed by atoms with E-state index in [0.717, 1.165) is 10.9 Å². The average Bonchev–Trinajstić information content (AvgIpc) is 2.97. The Morgan fingerprint density at radius 1 is 1.45 bits per heavy atom. The number of nitrogens with zero attached hydrogens (tertiary/aromatic N) is 2. The van der Waals surface area contributed by atoms with E-state index in [1.165, 1.54) is 56.0 Å². The molecule has 5 heteroatoms. The van der Waals surface area contributed by atoms with Crippen LogP contribution in [0, 0.1) is 5.92 Å². The van der Waals surface area contributed by atoms with Crippen LogP contribution in [0.5, 0.6) is 0 Å². The maximum atomic E-state index is 10.8. The lowest BCUT2D eigenvalue weighted by Gasteiger charge is -2.14. The number of aromatic nitrogens is 2. The highest BCUT2D eigenvalue weighted by Gasteiger charge is 2.32. The monoisotopic (exact) mass is 294 g/mol. The molecule has 0 amide bonds. The summed E-state index contributed by atoms with van der Waals surface area (Å²) in [5.74, 6) is 0.680. The fourth-order valence-electron chi connectivity index (χ4n) is 3.13. The number of carboxylic acids is 1. The molecule has 4 nitrogen and oxygen atoms in total. The van der Waals surface area contributed by atoms with Crippen LogP contribution in [0.2, 0.25) is 0 Å². The topological polar surface area (TPSA) is 55.1 Å². The summed E-state index contributed by atoms with van der Waals surface area (Å²) in [6, 6.07) is 2.55. The van der Waals surface area contributed by atoms with E-state index in [-0.39, 0.29) is 5.75 Å². The molecular formula is C15H22N2O2S. The third-order valence-corrected chi connectivity index (χ3v) is 5.52. The van der Waals surface area contributed by atoms with Gasteiger partial charge in [0.05, 0.1) is 22.5 Å². The Kier molecular flexibility index (Phi) is 4.06. The van der Waals surface area contributed by atoms with E-state index in [1.54, 1.807) is 0 Å². The van der Waals surface area contributed by atoms with Gasteiger partial charge in [-0.3, -0.25) is 9.48 Å². The van der Waals surface area contributed by atoms with Gasteiger partial charge in [0.2, 0.25) is 0 Å². The van der Waals surface area contributed by atoms with Crippen molar-refractivity contribution in [2.24, 2.45) is 5.92 Å². The summed E-state index contributed by atoms with van der Waals surface area (Å²) in [5, 5.41) is 14.8. The molecule has 0 radical (unpaired) electrons. The minimum atomic E-state index is -0.760. The number of carbonyl (C=O) groups is 1. The van der Waals surface area contributed by atoms with Crippen LogP contribution in [-0.2, 0) is 4.79 Å². The molecule has 0 spiro atoms. The van der Waals surface area contributed by atoms with Crippen LogP contribution < -0.4 is 0 Å². The summed E-state index contributed by atoms with van der Waals surface area (Å²) in [6.45, 7) is 2.22. The van der Waals surface area contributed by atoms with Crippen molar-refractivity contribution in [3.8, 4) is 0 Å². The summed E-state index contributed by atoms with van der Waals surface area (Å²) >= 11 is 1.41. The number of hydrogen-bond donors (Lipinski definition) is 1. The number of hydrogen-bond acceptors (Lipinski definition) is 3. The first kappa shape index (κ1) is 14.0. The highest BCUT2D eigenvalue weighted by molar-refractivity contribution is 7.99. The zero-order chi connectivity index (χ0) is 14.1. The summed E-state index contributed by atoms with van der Waals surface area (Å²) in [6.07, 6.45) is 7.63. The van der Waals surface area contributed by atoms with Crippen molar-refractivity contribution < 1.29 is 9.90 Å². The van der Waals surface area contributed by atoms with Gasteiger partial charge in [-0.05, 0) is 44.6 Å². The molecular weight excluding hydrogens is 272 g/mol. The molecule has 1 aromatic heterocycles. The van der Waals surface area contributed by atoms with Crippen LogP contribution in [0.3, 0.4) is 0 Å². The van der Waals surface area contributed by atoms with Crippen molar-refractivity contribution in [3.63, 3.8) is 0 Å². The minimum absolute atomic E-state index is 0.118. The summed E-state index contributed by atoms with van der Waals surface area (Å²) in [5.41, 5.74) is 1.18. The Bertz CT molecular complexity index is 490. The molecule has 110 valence electrons. The van der Waals surface area contributed by atoms with Gasteiger partial charge < -0.3 is 5.11 Å². The smallest absolute Gasteiger partial charge is 0.313 e. The van der Waals surface area contributed by atoms with E-state index in [0.29, 0.717) is 12.0 Å². The molecule has 2 aliphatic carbocycles. The fraction of sp³-hybridized carbons (Fsp3) is 0.733. The third-order valence-electron chi connectivity index (χ3n) is 4.53. The first-order chi connectivity index (χ1) is 9.65. The van der Waals surface area contributed by atoms with E-state index >= 15 is 0 Å². The molecule has 2 saturated carbocycles.